The van der Waals surface area contributed by atoms with Gasteiger partial charge in [-0.2, -0.15) is 0 Å². The first-order valence-electron chi connectivity index (χ1n) is 6.66. The molecular weight excluding hydrogens is 312 g/mol. The van der Waals surface area contributed by atoms with Gasteiger partial charge in [-0.25, -0.2) is 4.79 Å². The van der Waals surface area contributed by atoms with Crippen LogP contribution in [0, 0.1) is 59.2 Å². The summed E-state index contributed by atoms with van der Waals surface area (Å²) in [6.07, 6.45) is -7.11. The number of Topliss-reactive ketones (excluding diaryl/α,β-unsaturated/α-hetero) is 1. The highest BCUT2D eigenvalue weighted by Crippen LogP contribution is 2.19. The van der Waals surface area contributed by atoms with E-state index in [-0.39, 0.29) is 19.3 Å². The first-order chi connectivity index (χ1) is 11.5. The molecule has 0 radical (unpaired) electrons. The van der Waals surface area contributed by atoms with Crippen molar-refractivity contribution in [1.29, 1.82) is 0 Å². The highest BCUT2D eigenvalue weighted by atomic mass is 16.6. The molecule has 138 valence electrons. The van der Waals surface area contributed by atoms with Crippen LogP contribution in [-0.4, -0.2) is 51.5 Å². The number of aliphatic hydroxyl groups excluding tert-OH is 3. The molecule has 1 saturated heterocycles. The van der Waals surface area contributed by atoms with E-state index in [1.165, 1.54) is 0 Å². The minimum absolute atomic E-state index is 0. The smallest absolute Gasteiger partial charge is 0.338 e. The lowest BCUT2D eigenvalue weighted by Crippen LogP contribution is -2.42. The maximum absolute atomic E-state index is 11.7. The fourth-order valence-electron chi connectivity index (χ4n) is 1.56. The standard InChI is InChI=1S/C18H12O6.9H2/c1-2-3-4-5-6-7-8-9-10-11-12-13(19)14(20)17-15(21)16(22)18(23)24-17;;;;;;;;;/h14-17,20-22H,12H2,1H3;9*1H/t14-,15+,16-,17+;;;;;;;;;/m0........./s1. The van der Waals surface area contributed by atoms with Gasteiger partial charge in [-0.05, 0) is 54.3 Å². The first-order valence-corrected chi connectivity index (χ1v) is 6.66. The van der Waals surface area contributed by atoms with Gasteiger partial charge in [-0.1, -0.05) is 11.8 Å². The predicted molar refractivity (Wildman–Crippen MR) is 101 cm³/mol. The van der Waals surface area contributed by atoms with Crippen molar-refractivity contribution in [3.63, 3.8) is 0 Å². The maximum Gasteiger partial charge on any atom is 0.338 e. The molecule has 1 heterocycles. The third-order valence-corrected chi connectivity index (χ3v) is 2.71. The van der Waals surface area contributed by atoms with E-state index in [4.69, 9.17) is 0 Å². The van der Waals surface area contributed by atoms with Crippen molar-refractivity contribution in [1.82, 2.24) is 0 Å². The van der Waals surface area contributed by atoms with Crippen LogP contribution < -0.4 is 0 Å². The van der Waals surface area contributed by atoms with Crippen molar-refractivity contribution >= 4 is 11.8 Å². The lowest BCUT2D eigenvalue weighted by atomic mass is 10.0. The Hall–Kier alpha value is -3.18. The summed E-state index contributed by atoms with van der Waals surface area (Å²) in [5, 5.41) is 28.4. The average molecular weight is 342 g/mol. The van der Waals surface area contributed by atoms with Gasteiger partial charge < -0.3 is 20.1 Å². The zero-order valence-corrected chi connectivity index (χ0v) is 12.6. The molecule has 0 unspecified atom stereocenters. The number of carbonyl (C=O) groups is 2. The molecule has 0 spiro atoms. The molecule has 6 heteroatoms. The first kappa shape index (κ1) is 18.9. The van der Waals surface area contributed by atoms with Crippen molar-refractivity contribution in [2.24, 2.45) is 0 Å². The molecule has 0 aromatic carbocycles. The maximum atomic E-state index is 11.7. The van der Waals surface area contributed by atoms with Crippen LogP contribution in [0.15, 0.2) is 0 Å². The van der Waals surface area contributed by atoms with E-state index in [0.29, 0.717) is 0 Å². The molecule has 4 atom stereocenters. The number of ether oxygens (including phenoxy) is 1. The number of aliphatic hydroxyl groups is 3. The summed E-state index contributed by atoms with van der Waals surface area (Å²) < 4.78 is 4.54. The van der Waals surface area contributed by atoms with E-state index in [9.17, 15) is 24.9 Å². The molecular formula is C18H30O6. The molecule has 0 saturated carbocycles. The number of carbonyl (C=O) groups excluding carboxylic acids is 2. The van der Waals surface area contributed by atoms with E-state index in [1.54, 1.807) is 6.92 Å². The van der Waals surface area contributed by atoms with Crippen molar-refractivity contribution in [2.75, 3.05) is 0 Å². The third-order valence-electron chi connectivity index (χ3n) is 2.71. The van der Waals surface area contributed by atoms with Gasteiger partial charge in [0.15, 0.2) is 24.1 Å². The van der Waals surface area contributed by atoms with Gasteiger partial charge in [-0.15, -0.1) is 0 Å². The molecule has 1 aliphatic rings. The van der Waals surface area contributed by atoms with Crippen molar-refractivity contribution < 1.29 is 42.5 Å². The second-order valence-electron chi connectivity index (χ2n) is 4.35. The van der Waals surface area contributed by atoms with Crippen LogP contribution >= 0.6 is 0 Å². The summed E-state index contributed by atoms with van der Waals surface area (Å²) in [5.41, 5.74) is 0. The SMILES string of the molecule is CC#CC#CC#CC#CC#CCC(=O)[C@H](O)[C@H]1OC(=O)[C@@H](O)[C@H]1O.[HH].[HH].[HH].[HH].[HH].[HH].[HH].[HH].[HH]. The molecule has 1 rings (SSSR count). The Morgan fingerprint density at radius 2 is 1.67 bits per heavy atom. The highest BCUT2D eigenvalue weighted by Gasteiger charge is 2.47. The van der Waals surface area contributed by atoms with Crippen LogP contribution in [-0.2, 0) is 14.3 Å². The van der Waals surface area contributed by atoms with Crippen LogP contribution in [0.1, 0.15) is 26.2 Å². The van der Waals surface area contributed by atoms with Crippen molar-refractivity contribution in [2.45, 2.75) is 37.8 Å². The Labute approximate surface area is 152 Å². The normalized spacial score (nSPS) is 21.5. The van der Waals surface area contributed by atoms with Crippen molar-refractivity contribution in [3.8, 4) is 59.2 Å². The molecule has 0 bridgehead atoms. The zero-order chi connectivity index (χ0) is 17.9. The van der Waals surface area contributed by atoms with E-state index >= 15 is 0 Å². The molecule has 6 nitrogen and oxygen atoms in total. The Morgan fingerprint density at radius 1 is 1.12 bits per heavy atom. The largest absolute Gasteiger partial charge is 0.454 e. The van der Waals surface area contributed by atoms with Crippen LogP contribution in [0.3, 0.4) is 0 Å². The van der Waals surface area contributed by atoms with E-state index < -0.39 is 36.2 Å². The topological polar surface area (TPSA) is 104 Å². The predicted octanol–water partition coefficient (Wildman–Crippen LogP) is 0.205. The Balaban J connectivity index is -0.0000000914. The number of rotatable bonds is 3. The Kier molecular flexibility index (Phi) is 7.67. The second kappa shape index (κ2) is 9.76. The number of hydrogen-bond donors (Lipinski definition) is 3. The van der Waals surface area contributed by atoms with Crippen molar-refractivity contribution in [3.05, 3.63) is 0 Å². The average Bonchev–Trinajstić information content (AvgIpc) is 2.83. The zero-order valence-electron chi connectivity index (χ0n) is 12.6. The van der Waals surface area contributed by atoms with E-state index in [0.717, 1.165) is 0 Å². The Bertz CT molecular complexity index is 841. The monoisotopic (exact) mass is 342 g/mol. The van der Waals surface area contributed by atoms with Gasteiger partial charge in [0.1, 0.15) is 6.10 Å². The quantitative estimate of drug-likeness (QED) is 0.500. The molecule has 0 aliphatic carbocycles. The van der Waals surface area contributed by atoms with Crippen LogP contribution in [0.2, 0.25) is 0 Å². The van der Waals surface area contributed by atoms with Crippen LogP contribution in [0.5, 0.6) is 0 Å². The van der Waals surface area contributed by atoms with Gasteiger partial charge >= 0.3 is 5.97 Å². The molecule has 0 amide bonds. The number of hydrogen-bond acceptors (Lipinski definition) is 6. The van der Waals surface area contributed by atoms with Crippen LogP contribution in [0.4, 0.5) is 0 Å². The highest BCUT2D eigenvalue weighted by molar-refractivity contribution is 5.87. The minimum atomic E-state index is -1.78. The minimum Gasteiger partial charge on any atom is -0.454 e. The third kappa shape index (κ3) is 5.55. The second-order valence-corrected chi connectivity index (χ2v) is 4.35. The van der Waals surface area contributed by atoms with Crippen LogP contribution in [0.25, 0.3) is 0 Å². The van der Waals surface area contributed by atoms with Gasteiger partial charge in [0.2, 0.25) is 0 Å². The summed E-state index contributed by atoms with van der Waals surface area (Å²) >= 11 is 0. The Morgan fingerprint density at radius 3 is 2.17 bits per heavy atom. The van der Waals surface area contributed by atoms with Gasteiger partial charge in [0.25, 0.3) is 0 Å². The molecule has 1 fully saturated rings. The lowest BCUT2D eigenvalue weighted by molar-refractivity contribution is -0.153. The summed E-state index contributed by atoms with van der Waals surface area (Å²) in [6.45, 7) is 1.65. The van der Waals surface area contributed by atoms with Gasteiger partial charge in [0, 0.05) is 12.8 Å². The number of esters is 1. The van der Waals surface area contributed by atoms with E-state index in [1.807, 2.05) is 0 Å². The van der Waals surface area contributed by atoms with E-state index in [2.05, 4.69) is 63.9 Å². The summed E-state index contributed by atoms with van der Waals surface area (Å²) in [4.78, 5) is 22.7. The fraction of sp³-hybridized carbons (Fsp3) is 0.333. The number of ketones is 1. The molecule has 1 aliphatic heterocycles. The molecule has 3 N–H and O–H groups in total. The molecule has 0 aromatic heterocycles. The van der Waals surface area contributed by atoms with Gasteiger partial charge in [-0.3, -0.25) is 4.79 Å². The van der Waals surface area contributed by atoms with Gasteiger partial charge in [0.05, 0.1) is 6.42 Å². The lowest BCUT2D eigenvalue weighted by Gasteiger charge is -2.17. The molecule has 24 heavy (non-hydrogen) atoms. The number of cyclic esters (lactones) is 1. The summed E-state index contributed by atoms with van der Waals surface area (Å²) in [7, 11) is 0. The molecule has 0 aromatic rings. The summed E-state index contributed by atoms with van der Waals surface area (Å²) in [5.74, 6) is 22.4. The summed E-state index contributed by atoms with van der Waals surface area (Å²) in [6, 6.07) is 0. The fourth-order valence-corrected chi connectivity index (χ4v) is 1.56.